The first kappa shape index (κ1) is 22.6. The van der Waals surface area contributed by atoms with Crippen LogP contribution in [0.15, 0.2) is 12.7 Å². The summed E-state index contributed by atoms with van der Waals surface area (Å²) in [6.07, 6.45) is 1.28. The molecule has 4 heteroatoms. The van der Waals surface area contributed by atoms with Crippen molar-refractivity contribution >= 4 is 57.0 Å². The van der Waals surface area contributed by atoms with Crippen molar-refractivity contribution in [1.29, 1.82) is 0 Å². The zero-order valence-corrected chi connectivity index (χ0v) is 12.2. The van der Waals surface area contributed by atoms with Gasteiger partial charge in [-0.15, -0.1) is 0 Å². The van der Waals surface area contributed by atoms with Crippen molar-refractivity contribution in [3.63, 3.8) is 0 Å². The summed E-state index contributed by atoms with van der Waals surface area (Å²) in [5.74, 6) is 0.0185. The number of rotatable bonds is 1. The summed E-state index contributed by atoms with van der Waals surface area (Å²) in [5, 5.41) is 0. The summed E-state index contributed by atoms with van der Waals surface area (Å²) in [6, 6.07) is 0. The maximum absolute atomic E-state index is 9.69. The molecule has 47 valence electrons. The third-order valence-corrected chi connectivity index (χ3v) is 0.287. The predicted molar refractivity (Wildman–Crippen MR) is 32.4 cm³/mol. The Morgan fingerprint density at radius 3 is 1.75 bits per heavy atom. The van der Waals surface area contributed by atoms with Crippen molar-refractivity contribution in [3.8, 4) is 0 Å². The molecule has 0 bridgehead atoms. The van der Waals surface area contributed by atoms with Crippen molar-refractivity contribution in [2.75, 3.05) is 0 Å². The van der Waals surface area contributed by atoms with Gasteiger partial charge < -0.3 is 0 Å². The Hall–Kier alpha value is 1.65. The van der Waals surface area contributed by atoms with Gasteiger partial charge >= 0.3 is 0 Å². The molecule has 0 N–H and O–H groups in total. The summed E-state index contributed by atoms with van der Waals surface area (Å²) in [5.41, 5.74) is 0. The van der Waals surface area contributed by atoms with Gasteiger partial charge in [0.05, 0.1) is 0 Å². The molecular weight excluding hydrogens is 454 g/mol. The van der Waals surface area contributed by atoms with E-state index in [1.54, 1.807) is 0 Å². The molecule has 0 rings (SSSR count). The van der Waals surface area contributed by atoms with Gasteiger partial charge in [0.25, 0.3) is 0 Å². The van der Waals surface area contributed by atoms with E-state index >= 15 is 0 Å². The summed E-state index contributed by atoms with van der Waals surface area (Å²) in [6.45, 7) is 4.68. The number of hydrogen-bond donors (Lipinski definition) is 0. The monoisotopic (exact) mass is 461 g/mol. The number of ketones is 1. The topological polar surface area (TPSA) is 17.1 Å². The Balaban J connectivity index is -0.0000000267. The van der Waals surface area contributed by atoms with Crippen molar-refractivity contribution in [2.24, 2.45) is 0 Å². The number of hydrogen-bond acceptors (Lipinski definition) is 1. The Morgan fingerprint density at radius 1 is 1.62 bits per heavy atom. The average Bonchev–Trinajstić information content (AvgIpc) is 1.38. The molecule has 0 aromatic heterocycles. The normalized spacial score (nSPS) is 4.12. The van der Waals surface area contributed by atoms with Crippen LogP contribution in [0.1, 0.15) is 6.92 Å². The third-order valence-electron chi connectivity index (χ3n) is 0.287. The Morgan fingerprint density at radius 2 is 1.75 bits per heavy atom. The van der Waals surface area contributed by atoms with Gasteiger partial charge in [-0.1, -0.05) is 6.58 Å². The van der Waals surface area contributed by atoms with Gasteiger partial charge in [0.15, 0.2) is 5.78 Å². The molecule has 0 aromatic rings. The van der Waals surface area contributed by atoms with Crippen LogP contribution in [0, 0.1) is 0 Å². The number of carbonyl (C=O) groups is 1. The van der Waals surface area contributed by atoms with E-state index < -0.39 is 0 Å². The molecule has 0 aliphatic carbocycles. The minimum Gasteiger partial charge on any atom is -0.295 e. The van der Waals surface area contributed by atoms with Crippen LogP contribution in [0.3, 0.4) is 0 Å². The molecule has 0 fully saturated rings. The first-order valence-corrected chi connectivity index (χ1v) is 1.40. The molecule has 0 aromatic carbocycles. The maximum atomic E-state index is 9.69. The fourth-order valence-electron chi connectivity index (χ4n) is 0. The van der Waals surface area contributed by atoms with Gasteiger partial charge in [-0.25, -0.2) is 0 Å². The van der Waals surface area contributed by atoms with Crippen molar-refractivity contribution in [2.45, 2.75) is 6.92 Å². The van der Waals surface area contributed by atoms with Crippen LogP contribution in [0.25, 0.3) is 0 Å². The van der Waals surface area contributed by atoms with Crippen LogP contribution in [0.4, 0.5) is 0 Å². The van der Waals surface area contributed by atoms with E-state index in [1.165, 1.54) is 13.0 Å². The molecule has 9 radical (unpaired) electrons. The van der Waals surface area contributed by atoms with Crippen molar-refractivity contribution in [1.82, 2.24) is 0 Å². The maximum Gasteiger partial charge on any atom is 0.152 e. The standard InChI is InChI=1S/C4H6O.Cu.Pb.Sn/c1-3-4(2)5;;;/h3H,1H2,2H3;;;. The zero-order valence-electron chi connectivity index (χ0n) is 4.49. The van der Waals surface area contributed by atoms with E-state index in [0.717, 1.165) is 0 Å². The molecule has 0 saturated heterocycles. The summed E-state index contributed by atoms with van der Waals surface area (Å²) in [7, 11) is 0. The van der Waals surface area contributed by atoms with Gasteiger partial charge in [-0.2, -0.15) is 0 Å². The minimum atomic E-state index is 0. The fourth-order valence-corrected chi connectivity index (χ4v) is 0. The van der Waals surface area contributed by atoms with Gasteiger partial charge in [0, 0.05) is 68.3 Å². The van der Waals surface area contributed by atoms with Crippen LogP contribution >= 0.6 is 0 Å². The molecule has 0 unspecified atom stereocenters. The molecule has 0 aliphatic heterocycles. The van der Waals surface area contributed by atoms with E-state index in [2.05, 4.69) is 6.58 Å². The Labute approximate surface area is 97.3 Å². The summed E-state index contributed by atoms with van der Waals surface area (Å²) < 4.78 is 0. The number of carbonyl (C=O) groups excluding carboxylic acids is 1. The molecule has 0 amide bonds. The zero-order chi connectivity index (χ0) is 4.28. The van der Waals surface area contributed by atoms with Crippen LogP contribution in [-0.2, 0) is 21.9 Å². The minimum absolute atomic E-state index is 0. The smallest absolute Gasteiger partial charge is 0.152 e. The van der Waals surface area contributed by atoms with Gasteiger partial charge in [-0.05, 0) is 13.0 Å². The van der Waals surface area contributed by atoms with Crippen LogP contribution < -0.4 is 0 Å². The van der Waals surface area contributed by atoms with Crippen molar-refractivity contribution < 1.29 is 21.9 Å². The van der Waals surface area contributed by atoms with Gasteiger partial charge in [-0.3, -0.25) is 4.79 Å². The van der Waals surface area contributed by atoms with Crippen LogP contribution in [-0.4, -0.2) is 57.0 Å². The third kappa shape index (κ3) is 25.4. The molecular formula is C4H6CuOPbSn. The number of allylic oxidation sites excluding steroid dienone is 1. The van der Waals surface area contributed by atoms with E-state index in [0.29, 0.717) is 0 Å². The molecule has 0 atom stereocenters. The second-order valence-electron chi connectivity index (χ2n) is 0.815. The second-order valence-corrected chi connectivity index (χ2v) is 0.815. The second kappa shape index (κ2) is 15.9. The molecule has 1 nitrogen and oxygen atoms in total. The average molecular weight is 460 g/mol. The largest absolute Gasteiger partial charge is 0.295 e. The summed E-state index contributed by atoms with van der Waals surface area (Å²) >= 11 is 0. The van der Waals surface area contributed by atoms with Crippen LogP contribution in [0.5, 0.6) is 0 Å². The van der Waals surface area contributed by atoms with Gasteiger partial charge in [0.2, 0.25) is 0 Å². The Kier molecular flexibility index (Phi) is 44.8. The van der Waals surface area contributed by atoms with E-state index in [9.17, 15) is 4.79 Å². The van der Waals surface area contributed by atoms with E-state index in [4.69, 9.17) is 0 Å². The molecule has 0 spiro atoms. The quantitative estimate of drug-likeness (QED) is 0.399. The van der Waals surface area contributed by atoms with Crippen LogP contribution in [0.2, 0.25) is 0 Å². The first-order valence-electron chi connectivity index (χ1n) is 1.40. The first-order chi connectivity index (χ1) is 2.27. The van der Waals surface area contributed by atoms with E-state index in [-0.39, 0.29) is 74.1 Å². The molecule has 8 heavy (non-hydrogen) atoms. The Bertz CT molecular complexity index is 67.1. The molecule has 0 heterocycles. The van der Waals surface area contributed by atoms with Crippen molar-refractivity contribution in [3.05, 3.63) is 12.7 Å². The summed E-state index contributed by atoms with van der Waals surface area (Å²) in [4.78, 5) is 9.69. The fraction of sp³-hybridized carbons (Fsp3) is 0.250. The van der Waals surface area contributed by atoms with Gasteiger partial charge in [0.1, 0.15) is 0 Å². The molecule has 0 saturated carbocycles. The molecule has 0 aliphatic rings. The predicted octanol–water partition coefficient (Wildman–Crippen LogP) is -0.00270. The van der Waals surface area contributed by atoms with E-state index in [1.807, 2.05) is 0 Å². The SMILES string of the molecule is C=CC(C)=O.[Cu].[Pb].[Sn].